The van der Waals surface area contributed by atoms with Crippen molar-refractivity contribution in [2.75, 3.05) is 13.2 Å². The summed E-state index contributed by atoms with van der Waals surface area (Å²) in [6, 6.07) is 6.80. The van der Waals surface area contributed by atoms with Gasteiger partial charge in [-0.15, -0.1) is 0 Å². The van der Waals surface area contributed by atoms with Crippen LogP contribution in [0.15, 0.2) is 29.0 Å². The van der Waals surface area contributed by atoms with E-state index in [9.17, 15) is 0 Å². The highest BCUT2D eigenvalue weighted by Crippen LogP contribution is 2.26. The Bertz CT molecular complexity index is 503. The van der Waals surface area contributed by atoms with Crippen molar-refractivity contribution in [2.24, 2.45) is 0 Å². The summed E-state index contributed by atoms with van der Waals surface area (Å²) in [6.45, 7) is 1.72. The minimum atomic E-state index is 0.542. The van der Waals surface area contributed by atoms with Gasteiger partial charge in [0.1, 0.15) is 0 Å². The van der Waals surface area contributed by atoms with Crippen molar-refractivity contribution in [3.63, 3.8) is 0 Å². The van der Waals surface area contributed by atoms with Crippen LogP contribution in [0.5, 0.6) is 0 Å². The Morgan fingerprint density at radius 2 is 2.12 bits per heavy atom. The van der Waals surface area contributed by atoms with Crippen molar-refractivity contribution in [1.82, 2.24) is 9.55 Å². The average molecular weight is 281 g/mol. The molecule has 1 aliphatic rings. The Morgan fingerprint density at radius 1 is 1.31 bits per heavy atom. The van der Waals surface area contributed by atoms with E-state index in [1.165, 1.54) is 5.52 Å². The van der Waals surface area contributed by atoms with Gasteiger partial charge in [-0.05, 0) is 31.0 Å². The first-order valence-corrected chi connectivity index (χ1v) is 6.34. The number of fused-ring (bicyclic) bond motifs is 1. The number of benzene rings is 1. The van der Waals surface area contributed by atoms with E-state index >= 15 is 0 Å². The molecule has 16 heavy (non-hydrogen) atoms. The normalized spacial score (nSPS) is 18.1. The van der Waals surface area contributed by atoms with Gasteiger partial charge in [0.15, 0.2) is 0 Å². The molecular formula is C12H13BrN2O. The number of nitrogens with zero attached hydrogens (tertiary/aromatic N) is 2. The molecule has 3 nitrogen and oxygen atoms in total. The smallest absolute Gasteiger partial charge is 0.0960 e. The first kappa shape index (κ1) is 10.3. The molecule has 4 heteroatoms. The lowest BCUT2D eigenvalue weighted by Crippen LogP contribution is -2.18. The fourth-order valence-electron chi connectivity index (χ4n) is 2.26. The number of imidazole rings is 1. The van der Waals surface area contributed by atoms with Gasteiger partial charge in [0, 0.05) is 23.7 Å². The monoisotopic (exact) mass is 280 g/mol. The standard InChI is InChI=1S/C12H13BrN2O/c13-9-1-2-12-11(7-9)14-8-15(12)10-3-5-16-6-4-10/h1-2,7-8,10H,3-6H2. The van der Waals surface area contributed by atoms with Crippen molar-refractivity contribution in [1.29, 1.82) is 0 Å². The molecule has 0 spiro atoms. The molecule has 0 amide bonds. The van der Waals surface area contributed by atoms with Gasteiger partial charge in [0.2, 0.25) is 0 Å². The molecule has 1 aromatic carbocycles. The molecule has 0 bridgehead atoms. The fourth-order valence-corrected chi connectivity index (χ4v) is 2.61. The molecular weight excluding hydrogens is 268 g/mol. The van der Waals surface area contributed by atoms with Crippen LogP contribution in [0.4, 0.5) is 0 Å². The van der Waals surface area contributed by atoms with E-state index in [1.54, 1.807) is 0 Å². The Balaban J connectivity index is 2.03. The van der Waals surface area contributed by atoms with Crippen LogP contribution in [0.25, 0.3) is 11.0 Å². The Kier molecular flexibility index (Phi) is 2.69. The van der Waals surface area contributed by atoms with Crippen LogP contribution in [0.3, 0.4) is 0 Å². The maximum absolute atomic E-state index is 5.39. The molecule has 0 unspecified atom stereocenters. The van der Waals surface area contributed by atoms with Crippen LogP contribution in [-0.4, -0.2) is 22.8 Å². The van der Waals surface area contributed by atoms with E-state index in [4.69, 9.17) is 4.74 Å². The second-order valence-electron chi connectivity index (χ2n) is 4.13. The lowest BCUT2D eigenvalue weighted by molar-refractivity contribution is 0.0706. The molecule has 1 fully saturated rings. The second kappa shape index (κ2) is 4.18. The summed E-state index contributed by atoms with van der Waals surface area (Å²) in [5, 5.41) is 0. The van der Waals surface area contributed by atoms with Crippen molar-refractivity contribution in [3.05, 3.63) is 29.0 Å². The summed E-state index contributed by atoms with van der Waals surface area (Å²) < 4.78 is 8.75. The minimum absolute atomic E-state index is 0.542. The lowest BCUT2D eigenvalue weighted by atomic mass is 10.1. The first-order valence-electron chi connectivity index (χ1n) is 5.54. The highest BCUT2D eigenvalue weighted by molar-refractivity contribution is 9.10. The lowest BCUT2D eigenvalue weighted by Gasteiger charge is -2.23. The van der Waals surface area contributed by atoms with Crippen LogP contribution in [-0.2, 0) is 4.74 Å². The van der Waals surface area contributed by atoms with E-state index in [0.29, 0.717) is 6.04 Å². The van der Waals surface area contributed by atoms with Crippen molar-refractivity contribution < 1.29 is 4.74 Å². The summed E-state index contributed by atoms with van der Waals surface area (Å²) in [4.78, 5) is 4.45. The highest BCUT2D eigenvalue weighted by Gasteiger charge is 2.17. The quantitative estimate of drug-likeness (QED) is 0.803. The van der Waals surface area contributed by atoms with Crippen molar-refractivity contribution in [3.8, 4) is 0 Å². The molecule has 0 radical (unpaired) electrons. The highest BCUT2D eigenvalue weighted by atomic mass is 79.9. The van der Waals surface area contributed by atoms with Crippen LogP contribution >= 0.6 is 15.9 Å². The zero-order chi connectivity index (χ0) is 11.0. The molecule has 2 heterocycles. The van der Waals surface area contributed by atoms with E-state index in [2.05, 4.69) is 43.7 Å². The summed E-state index contributed by atoms with van der Waals surface area (Å²) in [5.41, 5.74) is 2.27. The van der Waals surface area contributed by atoms with Crippen LogP contribution in [0, 0.1) is 0 Å². The predicted molar refractivity (Wildman–Crippen MR) is 66.5 cm³/mol. The Morgan fingerprint density at radius 3 is 2.94 bits per heavy atom. The zero-order valence-electron chi connectivity index (χ0n) is 8.90. The minimum Gasteiger partial charge on any atom is -0.381 e. The molecule has 0 N–H and O–H groups in total. The van der Waals surface area contributed by atoms with E-state index < -0.39 is 0 Å². The summed E-state index contributed by atoms with van der Waals surface area (Å²) >= 11 is 3.47. The summed E-state index contributed by atoms with van der Waals surface area (Å²) in [5.74, 6) is 0. The Hall–Kier alpha value is -0.870. The maximum Gasteiger partial charge on any atom is 0.0960 e. The van der Waals surface area contributed by atoms with Gasteiger partial charge < -0.3 is 9.30 Å². The molecule has 0 saturated carbocycles. The topological polar surface area (TPSA) is 27.1 Å². The van der Waals surface area contributed by atoms with Crippen LogP contribution in [0.2, 0.25) is 0 Å². The molecule has 1 saturated heterocycles. The predicted octanol–water partition coefficient (Wildman–Crippen LogP) is 3.15. The SMILES string of the molecule is Brc1ccc2c(c1)ncn2C1CCOCC1. The molecule has 1 aromatic heterocycles. The first-order chi connectivity index (χ1) is 7.84. The van der Waals surface area contributed by atoms with Gasteiger partial charge in [0.05, 0.1) is 17.4 Å². The van der Waals surface area contributed by atoms with E-state index in [0.717, 1.165) is 36.0 Å². The molecule has 2 aromatic rings. The summed E-state index contributed by atoms with van der Waals surface area (Å²) in [6.07, 6.45) is 4.12. The third-order valence-electron chi connectivity index (χ3n) is 3.12. The zero-order valence-corrected chi connectivity index (χ0v) is 10.5. The van der Waals surface area contributed by atoms with Crippen LogP contribution in [0.1, 0.15) is 18.9 Å². The fraction of sp³-hybridized carbons (Fsp3) is 0.417. The third kappa shape index (κ3) is 1.76. The third-order valence-corrected chi connectivity index (χ3v) is 3.61. The number of halogens is 1. The molecule has 3 rings (SSSR count). The van der Waals surface area contributed by atoms with E-state index in [1.807, 2.05) is 6.33 Å². The number of hydrogen-bond donors (Lipinski definition) is 0. The molecule has 0 atom stereocenters. The van der Waals surface area contributed by atoms with E-state index in [-0.39, 0.29) is 0 Å². The van der Waals surface area contributed by atoms with Gasteiger partial charge >= 0.3 is 0 Å². The number of rotatable bonds is 1. The molecule has 1 aliphatic heterocycles. The Labute approximate surface area is 103 Å². The van der Waals surface area contributed by atoms with Crippen molar-refractivity contribution >= 4 is 27.0 Å². The van der Waals surface area contributed by atoms with Crippen LogP contribution < -0.4 is 0 Å². The van der Waals surface area contributed by atoms with Gasteiger partial charge in [-0.25, -0.2) is 4.98 Å². The van der Waals surface area contributed by atoms with Gasteiger partial charge in [-0.1, -0.05) is 15.9 Å². The van der Waals surface area contributed by atoms with Crippen molar-refractivity contribution in [2.45, 2.75) is 18.9 Å². The van der Waals surface area contributed by atoms with Gasteiger partial charge in [-0.3, -0.25) is 0 Å². The van der Waals surface area contributed by atoms with Gasteiger partial charge in [0.25, 0.3) is 0 Å². The number of aromatic nitrogens is 2. The molecule has 0 aliphatic carbocycles. The second-order valence-corrected chi connectivity index (χ2v) is 5.04. The number of ether oxygens (including phenoxy) is 1. The maximum atomic E-state index is 5.39. The number of hydrogen-bond acceptors (Lipinski definition) is 2. The average Bonchev–Trinajstić information content (AvgIpc) is 2.73. The van der Waals surface area contributed by atoms with Gasteiger partial charge in [-0.2, -0.15) is 0 Å². The molecule has 84 valence electrons. The largest absolute Gasteiger partial charge is 0.381 e. The summed E-state index contributed by atoms with van der Waals surface area (Å²) in [7, 11) is 0.